The molecule has 13 heavy (non-hydrogen) atoms. The molecule has 0 atom stereocenters. The van der Waals surface area contributed by atoms with E-state index in [4.69, 9.17) is 0 Å². The molecule has 1 aliphatic rings. The van der Waals surface area contributed by atoms with E-state index in [9.17, 15) is 4.79 Å². The number of nitrogens with zero attached hydrogens (tertiary/aromatic N) is 1. The van der Waals surface area contributed by atoms with Crippen LogP contribution in [-0.4, -0.2) is 23.9 Å². The summed E-state index contributed by atoms with van der Waals surface area (Å²) in [6.45, 7) is 9.89. The van der Waals surface area contributed by atoms with E-state index in [0.717, 1.165) is 19.5 Å². The molecule has 0 saturated carbocycles. The van der Waals surface area contributed by atoms with E-state index in [2.05, 4.69) is 26.8 Å². The molecule has 0 saturated heterocycles. The lowest BCUT2D eigenvalue weighted by molar-refractivity contribution is -0.129. The summed E-state index contributed by atoms with van der Waals surface area (Å²) in [6.07, 6.45) is 3.30. The Morgan fingerprint density at radius 2 is 2.23 bits per heavy atom. The number of amides is 1. The maximum atomic E-state index is 11.2. The summed E-state index contributed by atoms with van der Waals surface area (Å²) >= 11 is 0. The zero-order valence-electron chi connectivity index (χ0n) is 9.05. The molecule has 1 amide bonds. The van der Waals surface area contributed by atoms with Crippen LogP contribution in [0.1, 0.15) is 34.1 Å². The topological polar surface area (TPSA) is 20.3 Å². The van der Waals surface area contributed by atoms with Gasteiger partial charge in [-0.2, -0.15) is 0 Å². The molecule has 0 aromatic rings. The van der Waals surface area contributed by atoms with E-state index in [1.54, 1.807) is 6.92 Å². The molecule has 2 heteroatoms. The Bertz CT molecular complexity index is 240. The van der Waals surface area contributed by atoms with Gasteiger partial charge in [0.1, 0.15) is 0 Å². The van der Waals surface area contributed by atoms with E-state index in [0.29, 0.717) is 0 Å². The van der Waals surface area contributed by atoms with Gasteiger partial charge in [0, 0.05) is 25.4 Å². The van der Waals surface area contributed by atoms with Gasteiger partial charge < -0.3 is 4.90 Å². The molecule has 0 aliphatic carbocycles. The first-order valence-electron chi connectivity index (χ1n) is 4.92. The predicted octanol–water partition coefficient (Wildman–Crippen LogP) is 2.21. The second kappa shape index (κ2) is 3.52. The number of hydrogen-bond donors (Lipinski definition) is 0. The van der Waals surface area contributed by atoms with Gasteiger partial charge in [0.25, 0.3) is 0 Å². The standard InChI is InChI=1S/C11H19NO/c1-5-10-6-7-12(9(2)13)8-11(10,3)4/h6H,5,7-8H2,1-4H3. The van der Waals surface area contributed by atoms with Crippen molar-refractivity contribution in [3.8, 4) is 0 Å². The monoisotopic (exact) mass is 181 g/mol. The third-order valence-corrected chi connectivity index (χ3v) is 2.84. The Balaban J connectivity index is 2.81. The van der Waals surface area contributed by atoms with Gasteiger partial charge in [-0.05, 0) is 6.42 Å². The fourth-order valence-electron chi connectivity index (χ4n) is 2.00. The maximum Gasteiger partial charge on any atom is 0.219 e. The minimum absolute atomic E-state index is 0.165. The lowest BCUT2D eigenvalue weighted by Crippen LogP contribution is -2.42. The molecule has 0 bridgehead atoms. The van der Waals surface area contributed by atoms with Crippen LogP contribution in [0.2, 0.25) is 0 Å². The molecule has 1 rings (SSSR count). The highest BCUT2D eigenvalue weighted by Crippen LogP contribution is 2.32. The second-order valence-electron chi connectivity index (χ2n) is 4.37. The number of carbonyl (C=O) groups excluding carboxylic acids is 1. The van der Waals surface area contributed by atoms with Crippen LogP contribution in [0.5, 0.6) is 0 Å². The van der Waals surface area contributed by atoms with E-state index < -0.39 is 0 Å². The minimum Gasteiger partial charge on any atom is -0.338 e. The van der Waals surface area contributed by atoms with E-state index in [-0.39, 0.29) is 11.3 Å². The summed E-state index contributed by atoms with van der Waals surface area (Å²) in [6, 6.07) is 0. The summed E-state index contributed by atoms with van der Waals surface area (Å²) in [4.78, 5) is 13.1. The van der Waals surface area contributed by atoms with Gasteiger partial charge in [-0.15, -0.1) is 0 Å². The van der Waals surface area contributed by atoms with Crippen molar-refractivity contribution in [2.75, 3.05) is 13.1 Å². The number of hydrogen-bond acceptors (Lipinski definition) is 1. The molecule has 2 nitrogen and oxygen atoms in total. The fourth-order valence-corrected chi connectivity index (χ4v) is 2.00. The van der Waals surface area contributed by atoms with Crippen LogP contribution in [0.15, 0.2) is 11.6 Å². The van der Waals surface area contributed by atoms with Gasteiger partial charge in [0.15, 0.2) is 0 Å². The summed E-state index contributed by atoms with van der Waals surface area (Å²) in [7, 11) is 0. The Morgan fingerprint density at radius 1 is 1.62 bits per heavy atom. The average molecular weight is 181 g/mol. The van der Waals surface area contributed by atoms with Crippen molar-refractivity contribution in [1.29, 1.82) is 0 Å². The fraction of sp³-hybridized carbons (Fsp3) is 0.727. The SMILES string of the molecule is CCC1=CCN(C(C)=O)CC1(C)C. The van der Waals surface area contributed by atoms with Crippen molar-refractivity contribution >= 4 is 5.91 Å². The Kier molecular flexibility index (Phi) is 2.79. The molecule has 0 aromatic heterocycles. The van der Waals surface area contributed by atoms with Gasteiger partial charge in [0.2, 0.25) is 5.91 Å². The van der Waals surface area contributed by atoms with Crippen LogP contribution in [0.4, 0.5) is 0 Å². The Labute approximate surface area is 80.6 Å². The third kappa shape index (κ3) is 2.11. The number of carbonyl (C=O) groups is 1. The average Bonchev–Trinajstić information content (AvgIpc) is 2.02. The quantitative estimate of drug-likeness (QED) is 0.568. The molecule has 74 valence electrons. The van der Waals surface area contributed by atoms with E-state index >= 15 is 0 Å². The molecule has 0 spiro atoms. The highest BCUT2D eigenvalue weighted by Gasteiger charge is 2.29. The van der Waals surface area contributed by atoms with Crippen molar-refractivity contribution in [3.05, 3.63) is 11.6 Å². The van der Waals surface area contributed by atoms with Crippen LogP contribution in [0.25, 0.3) is 0 Å². The molecular weight excluding hydrogens is 162 g/mol. The van der Waals surface area contributed by atoms with Crippen LogP contribution >= 0.6 is 0 Å². The highest BCUT2D eigenvalue weighted by molar-refractivity contribution is 5.73. The molecule has 0 fully saturated rings. The molecule has 0 unspecified atom stereocenters. The van der Waals surface area contributed by atoms with Gasteiger partial charge in [-0.3, -0.25) is 4.79 Å². The van der Waals surface area contributed by atoms with Gasteiger partial charge in [0.05, 0.1) is 0 Å². The molecule has 0 aromatic carbocycles. The normalized spacial score (nSPS) is 21.2. The first-order valence-corrected chi connectivity index (χ1v) is 4.92. The molecule has 0 radical (unpaired) electrons. The van der Waals surface area contributed by atoms with Crippen LogP contribution in [0.3, 0.4) is 0 Å². The molecule has 0 N–H and O–H groups in total. The van der Waals surface area contributed by atoms with Crippen molar-refractivity contribution in [2.45, 2.75) is 34.1 Å². The van der Waals surface area contributed by atoms with Crippen LogP contribution in [0, 0.1) is 5.41 Å². The van der Waals surface area contributed by atoms with Crippen molar-refractivity contribution < 1.29 is 4.79 Å². The van der Waals surface area contributed by atoms with Crippen molar-refractivity contribution in [3.63, 3.8) is 0 Å². The van der Waals surface area contributed by atoms with Crippen LogP contribution < -0.4 is 0 Å². The maximum absolute atomic E-state index is 11.2. The van der Waals surface area contributed by atoms with Crippen molar-refractivity contribution in [2.24, 2.45) is 5.41 Å². The summed E-state index contributed by atoms with van der Waals surface area (Å²) < 4.78 is 0. The second-order valence-corrected chi connectivity index (χ2v) is 4.37. The van der Waals surface area contributed by atoms with E-state index in [1.165, 1.54) is 5.57 Å². The predicted molar refractivity (Wildman–Crippen MR) is 54.4 cm³/mol. The largest absolute Gasteiger partial charge is 0.338 e. The summed E-state index contributed by atoms with van der Waals surface area (Å²) in [5, 5.41) is 0. The summed E-state index contributed by atoms with van der Waals surface area (Å²) in [5.74, 6) is 0.180. The molecule has 1 aliphatic heterocycles. The first kappa shape index (κ1) is 10.3. The zero-order valence-corrected chi connectivity index (χ0v) is 9.05. The minimum atomic E-state index is 0.165. The zero-order chi connectivity index (χ0) is 10.1. The Hall–Kier alpha value is -0.790. The first-order chi connectivity index (χ1) is 5.97. The van der Waals surface area contributed by atoms with Crippen LogP contribution in [-0.2, 0) is 4.79 Å². The smallest absolute Gasteiger partial charge is 0.219 e. The lowest BCUT2D eigenvalue weighted by atomic mass is 9.80. The van der Waals surface area contributed by atoms with Gasteiger partial charge in [-0.25, -0.2) is 0 Å². The summed E-state index contributed by atoms with van der Waals surface area (Å²) in [5.41, 5.74) is 1.64. The van der Waals surface area contributed by atoms with Gasteiger partial charge in [-0.1, -0.05) is 32.4 Å². The molecular formula is C11H19NO. The lowest BCUT2D eigenvalue weighted by Gasteiger charge is -2.38. The van der Waals surface area contributed by atoms with Gasteiger partial charge >= 0.3 is 0 Å². The van der Waals surface area contributed by atoms with Crippen molar-refractivity contribution in [1.82, 2.24) is 4.90 Å². The van der Waals surface area contributed by atoms with E-state index in [1.807, 2.05) is 4.90 Å². The third-order valence-electron chi connectivity index (χ3n) is 2.84. The highest BCUT2D eigenvalue weighted by atomic mass is 16.2. The Morgan fingerprint density at radius 3 is 2.62 bits per heavy atom. The molecule has 1 heterocycles. The number of rotatable bonds is 1.